The molecule has 1 saturated carbocycles. The van der Waals surface area contributed by atoms with E-state index in [2.05, 4.69) is 20.6 Å². The Kier molecular flexibility index (Phi) is 5.59. The van der Waals surface area contributed by atoms with Crippen LogP contribution in [0, 0.1) is 0 Å². The van der Waals surface area contributed by atoms with E-state index in [0.29, 0.717) is 25.0 Å². The van der Waals surface area contributed by atoms with Gasteiger partial charge in [0.1, 0.15) is 0 Å². The lowest BCUT2D eigenvalue weighted by atomic mass is 10.1. The monoisotopic (exact) mass is 262 g/mol. The van der Waals surface area contributed by atoms with Crippen LogP contribution in [0.15, 0.2) is 18.5 Å². The van der Waals surface area contributed by atoms with Gasteiger partial charge >= 0.3 is 0 Å². The molecular weight excluding hydrogens is 240 g/mol. The predicted octanol–water partition coefficient (Wildman–Crippen LogP) is 2.12. The zero-order chi connectivity index (χ0) is 13.3. The maximum Gasteiger partial charge on any atom is 0.222 e. The molecule has 0 aliphatic heterocycles. The molecule has 5 nitrogen and oxygen atoms in total. The van der Waals surface area contributed by atoms with Crippen LogP contribution in [0.4, 0.5) is 5.95 Å². The van der Waals surface area contributed by atoms with Gasteiger partial charge in [0.2, 0.25) is 11.9 Å². The van der Waals surface area contributed by atoms with E-state index < -0.39 is 0 Å². The molecule has 1 heterocycles. The molecular formula is C14H22N4O. The molecule has 0 saturated heterocycles. The first-order valence-corrected chi connectivity index (χ1v) is 7.15. The minimum absolute atomic E-state index is 0.121. The van der Waals surface area contributed by atoms with Crippen molar-refractivity contribution >= 4 is 11.9 Å². The molecule has 0 spiro atoms. The highest BCUT2D eigenvalue weighted by molar-refractivity contribution is 5.76. The number of aromatic nitrogens is 2. The van der Waals surface area contributed by atoms with Crippen molar-refractivity contribution in [1.29, 1.82) is 0 Å². The Hall–Kier alpha value is -1.65. The van der Waals surface area contributed by atoms with E-state index in [9.17, 15) is 4.79 Å². The zero-order valence-corrected chi connectivity index (χ0v) is 11.3. The Morgan fingerprint density at radius 2 is 1.84 bits per heavy atom. The maximum absolute atomic E-state index is 11.8. The van der Waals surface area contributed by atoms with Gasteiger partial charge in [0, 0.05) is 31.4 Å². The quantitative estimate of drug-likeness (QED) is 0.798. The van der Waals surface area contributed by atoms with E-state index in [4.69, 9.17) is 0 Å². The van der Waals surface area contributed by atoms with Gasteiger partial charge in [-0.1, -0.05) is 25.7 Å². The average molecular weight is 262 g/mol. The topological polar surface area (TPSA) is 66.9 Å². The smallest absolute Gasteiger partial charge is 0.222 e. The molecule has 1 aromatic rings. The minimum atomic E-state index is 0.121. The van der Waals surface area contributed by atoms with E-state index in [-0.39, 0.29) is 5.91 Å². The maximum atomic E-state index is 11.8. The summed E-state index contributed by atoms with van der Waals surface area (Å²) in [6.07, 6.45) is 11.2. The van der Waals surface area contributed by atoms with E-state index in [0.717, 1.165) is 12.8 Å². The van der Waals surface area contributed by atoms with Crippen LogP contribution in [0.5, 0.6) is 0 Å². The summed E-state index contributed by atoms with van der Waals surface area (Å²) in [5.41, 5.74) is 0. The number of rotatable bonds is 5. The van der Waals surface area contributed by atoms with Crippen molar-refractivity contribution in [1.82, 2.24) is 15.3 Å². The van der Waals surface area contributed by atoms with Crippen LogP contribution >= 0.6 is 0 Å². The highest BCUT2D eigenvalue weighted by Gasteiger charge is 2.14. The van der Waals surface area contributed by atoms with Crippen LogP contribution < -0.4 is 10.6 Å². The SMILES string of the molecule is O=C(CCNc1ncccn1)NC1CCCCCC1. The largest absolute Gasteiger partial charge is 0.354 e. The van der Waals surface area contributed by atoms with Gasteiger partial charge < -0.3 is 10.6 Å². The second-order valence-electron chi connectivity index (χ2n) is 5.01. The third-order valence-electron chi connectivity index (χ3n) is 3.42. The van der Waals surface area contributed by atoms with Crippen molar-refractivity contribution in [2.75, 3.05) is 11.9 Å². The Morgan fingerprint density at radius 3 is 2.53 bits per heavy atom. The molecule has 1 aliphatic carbocycles. The van der Waals surface area contributed by atoms with Gasteiger partial charge in [0.15, 0.2) is 0 Å². The van der Waals surface area contributed by atoms with E-state index in [1.54, 1.807) is 18.5 Å². The van der Waals surface area contributed by atoms with Crippen molar-refractivity contribution in [3.63, 3.8) is 0 Å². The molecule has 2 N–H and O–H groups in total. The lowest BCUT2D eigenvalue weighted by molar-refractivity contribution is -0.121. The first-order chi connectivity index (χ1) is 9.34. The van der Waals surface area contributed by atoms with Crippen molar-refractivity contribution < 1.29 is 4.79 Å². The number of nitrogens with one attached hydrogen (secondary N) is 2. The number of anilines is 1. The summed E-state index contributed by atoms with van der Waals surface area (Å²) in [6.45, 7) is 0.572. The van der Waals surface area contributed by atoms with Crippen molar-refractivity contribution in [3.05, 3.63) is 18.5 Å². The van der Waals surface area contributed by atoms with E-state index in [1.807, 2.05) is 0 Å². The molecule has 2 rings (SSSR count). The van der Waals surface area contributed by atoms with Crippen LogP contribution in [0.3, 0.4) is 0 Å². The van der Waals surface area contributed by atoms with Crippen molar-refractivity contribution in [2.45, 2.75) is 51.0 Å². The number of amides is 1. The lowest BCUT2D eigenvalue weighted by Crippen LogP contribution is -2.35. The number of carbonyl (C=O) groups is 1. The molecule has 1 fully saturated rings. The molecule has 5 heteroatoms. The highest BCUT2D eigenvalue weighted by Crippen LogP contribution is 2.17. The van der Waals surface area contributed by atoms with Crippen LogP contribution in [0.25, 0.3) is 0 Å². The third kappa shape index (κ3) is 5.24. The molecule has 0 aromatic carbocycles. The van der Waals surface area contributed by atoms with Crippen LogP contribution in [-0.2, 0) is 4.79 Å². The van der Waals surface area contributed by atoms with E-state index >= 15 is 0 Å². The first-order valence-electron chi connectivity index (χ1n) is 7.15. The fraction of sp³-hybridized carbons (Fsp3) is 0.643. The Bertz CT molecular complexity index is 374. The minimum Gasteiger partial charge on any atom is -0.354 e. The fourth-order valence-electron chi connectivity index (χ4n) is 2.40. The molecule has 1 aliphatic rings. The Balaban J connectivity index is 1.64. The van der Waals surface area contributed by atoms with Crippen LogP contribution in [0.1, 0.15) is 44.9 Å². The molecule has 0 radical (unpaired) electrons. The van der Waals surface area contributed by atoms with Gasteiger partial charge in [0.05, 0.1) is 0 Å². The number of carbonyl (C=O) groups excluding carboxylic acids is 1. The fourth-order valence-corrected chi connectivity index (χ4v) is 2.40. The molecule has 104 valence electrons. The van der Waals surface area contributed by atoms with Crippen LogP contribution in [0.2, 0.25) is 0 Å². The van der Waals surface area contributed by atoms with Crippen molar-refractivity contribution in [3.8, 4) is 0 Å². The van der Waals surface area contributed by atoms with Crippen LogP contribution in [-0.4, -0.2) is 28.5 Å². The molecule has 19 heavy (non-hydrogen) atoms. The number of hydrogen-bond donors (Lipinski definition) is 2. The summed E-state index contributed by atoms with van der Waals surface area (Å²) < 4.78 is 0. The molecule has 1 aromatic heterocycles. The third-order valence-corrected chi connectivity index (χ3v) is 3.42. The van der Waals surface area contributed by atoms with Crippen molar-refractivity contribution in [2.24, 2.45) is 0 Å². The summed E-state index contributed by atoms with van der Waals surface area (Å²) in [5.74, 6) is 0.695. The van der Waals surface area contributed by atoms with E-state index in [1.165, 1.54) is 25.7 Å². The second-order valence-corrected chi connectivity index (χ2v) is 5.01. The van der Waals surface area contributed by atoms with Gasteiger partial charge in [-0.05, 0) is 18.9 Å². The number of hydrogen-bond acceptors (Lipinski definition) is 4. The Morgan fingerprint density at radius 1 is 1.16 bits per heavy atom. The highest BCUT2D eigenvalue weighted by atomic mass is 16.1. The summed E-state index contributed by atoms with van der Waals surface area (Å²) in [6, 6.07) is 2.15. The molecule has 1 amide bonds. The molecule has 0 atom stereocenters. The predicted molar refractivity (Wildman–Crippen MR) is 74.8 cm³/mol. The van der Waals surface area contributed by atoms with Gasteiger partial charge in [-0.3, -0.25) is 4.79 Å². The summed E-state index contributed by atoms with van der Waals surface area (Å²) in [7, 11) is 0. The first kappa shape index (κ1) is 13.8. The summed E-state index contributed by atoms with van der Waals surface area (Å²) >= 11 is 0. The Labute approximate surface area is 114 Å². The average Bonchev–Trinajstić information content (AvgIpc) is 2.68. The normalized spacial score (nSPS) is 16.6. The number of nitrogens with zero attached hydrogens (tertiary/aromatic N) is 2. The summed E-state index contributed by atoms with van der Waals surface area (Å²) in [5, 5.41) is 6.17. The standard InChI is InChI=1S/C14H22N4O/c19-13(18-12-6-3-1-2-4-7-12)8-11-17-14-15-9-5-10-16-14/h5,9-10,12H,1-4,6-8,11H2,(H,18,19)(H,15,16,17). The molecule has 0 bridgehead atoms. The molecule has 0 unspecified atom stereocenters. The van der Waals surface area contributed by atoms with Gasteiger partial charge in [-0.15, -0.1) is 0 Å². The lowest BCUT2D eigenvalue weighted by Gasteiger charge is -2.16. The van der Waals surface area contributed by atoms with Gasteiger partial charge in [0.25, 0.3) is 0 Å². The second kappa shape index (κ2) is 7.71. The zero-order valence-electron chi connectivity index (χ0n) is 11.3. The summed E-state index contributed by atoms with van der Waals surface area (Å²) in [4.78, 5) is 19.9. The van der Waals surface area contributed by atoms with Gasteiger partial charge in [-0.25, -0.2) is 9.97 Å². The van der Waals surface area contributed by atoms with Gasteiger partial charge in [-0.2, -0.15) is 0 Å².